The molecule has 0 atom stereocenters. The van der Waals surface area contributed by atoms with Gasteiger partial charge in [0.15, 0.2) is 5.82 Å². The Kier molecular flexibility index (Phi) is 2.80. The second-order valence-corrected chi connectivity index (χ2v) is 4.66. The molecule has 1 aromatic heterocycles. The minimum Gasteiger partial charge on any atom is -0.324 e. The summed E-state index contributed by atoms with van der Waals surface area (Å²) in [4.78, 5) is 13.0. The summed E-state index contributed by atoms with van der Waals surface area (Å²) in [5.41, 5.74) is 9.56. The average molecular weight is 240 g/mol. The first-order chi connectivity index (χ1) is 8.76. The van der Waals surface area contributed by atoms with E-state index in [9.17, 15) is 0 Å². The van der Waals surface area contributed by atoms with Crippen molar-refractivity contribution < 1.29 is 0 Å². The number of rotatable bonds is 2. The summed E-state index contributed by atoms with van der Waals surface area (Å²) >= 11 is 0. The van der Waals surface area contributed by atoms with Gasteiger partial charge in [-0.05, 0) is 43.4 Å². The van der Waals surface area contributed by atoms with Gasteiger partial charge in [0.2, 0.25) is 0 Å². The molecule has 2 aromatic rings. The molecule has 0 saturated heterocycles. The Morgan fingerprint density at radius 1 is 1.11 bits per heavy atom. The zero-order valence-electron chi connectivity index (χ0n) is 10.5. The first-order valence-electron chi connectivity index (χ1n) is 6.30. The van der Waals surface area contributed by atoms with E-state index >= 15 is 0 Å². The van der Waals surface area contributed by atoms with Gasteiger partial charge in [-0.2, -0.15) is 0 Å². The molecule has 92 valence electrons. The summed E-state index contributed by atoms with van der Waals surface area (Å²) in [6, 6.07) is 6.50. The van der Waals surface area contributed by atoms with Gasteiger partial charge in [-0.1, -0.05) is 12.1 Å². The van der Waals surface area contributed by atoms with Crippen molar-refractivity contribution in [2.75, 3.05) is 0 Å². The minimum absolute atomic E-state index is 0.349. The molecular weight excluding hydrogens is 224 g/mol. The van der Waals surface area contributed by atoms with Crippen LogP contribution in [0.15, 0.2) is 18.2 Å². The predicted octanol–water partition coefficient (Wildman–Crippen LogP) is 1.79. The number of aromatic nitrogens is 3. The molecule has 1 aliphatic carbocycles. The van der Waals surface area contributed by atoms with Gasteiger partial charge >= 0.3 is 0 Å². The van der Waals surface area contributed by atoms with Crippen LogP contribution in [-0.2, 0) is 19.4 Å². The van der Waals surface area contributed by atoms with Crippen LogP contribution in [0.2, 0.25) is 0 Å². The number of hydrogen-bond acceptors (Lipinski definition) is 4. The zero-order valence-corrected chi connectivity index (χ0v) is 10.5. The summed E-state index contributed by atoms with van der Waals surface area (Å²) in [5, 5.41) is 0. The largest absolute Gasteiger partial charge is 0.324 e. The maximum Gasteiger partial charge on any atom is 0.163 e. The van der Waals surface area contributed by atoms with E-state index in [0.29, 0.717) is 12.4 Å². The fourth-order valence-electron chi connectivity index (χ4n) is 2.47. The monoisotopic (exact) mass is 240 g/mol. The summed E-state index contributed by atoms with van der Waals surface area (Å²) in [6.45, 7) is 2.22. The molecule has 1 aliphatic rings. The lowest BCUT2D eigenvalue weighted by Crippen LogP contribution is -2.07. The molecule has 0 radical (unpaired) electrons. The topological polar surface area (TPSA) is 64.7 Å². The third-order valence-corrected chi connectivity index (χ3v) is 3.33. The van der Waals surface area contributed by atoms with Gasteiger partial charge in [0.05, 0.1) is 6.54 Å². The lowest BCUT2D eigenvalue weighted by molar-refractivity contribution is 0.851. The van der Waals surface area contributed by atoms with Gasteiger partial charge in [-0.25, -0.2) is 15.0 Å². The van der Waals surface area contributed by atoms with Crippen LogP contribution in [0.5, 0.6) is 0 Å². The molecule has 0 saturated carbocycles. The van der Waals surface area contributed by atoms with E-state index in [1.54, 1.807) is 0 Å². The Morgan fingerprint density at radius 3 is 2.78 bits per heavy atom. The second kappa shape index (κ2) is 4.46. The maximum absolute atomic E-state index is 5.60. The molecule has 0 aliphatic heterocycles. The van der Waals surface area contributed by atoms with Gasteiger partial charge in [0, 0.05) is 5.56 Å². The van der Waals surface area contributed by atoms with Crippen LogP contribution in [0.1, 0.15) is 29.2 Å². The summed E-state index contributed by atoms with van der Waals surface area (Å²) in [5.74, 6) is 2.11. The van der Waals surface area contributed by atoms with Crippen LogP contribution in [0.3, 0.4) is 0 Å². The summed E-state index contributed by atoms with van der Waals surface area (Å²) < 4.78 is 0. The van der Waals surface area contributed by atoms with E-state index < -0.39 is 0 Å². The van der Waals surface area contributed by atoms with Crippen LogP contribution in [0.4, 0.5) is 0 Å². The van der Waals surface area contributed by atoms with Crippen molar-refractivity contribution in [2.24, 2.45) is 5.73 Å². The highest BCUT2D eigenvalue weighted by Crippen LogP contribution is 2.26. The van der Waals surface area contributed by atoms with Crippen LogP contribution in [0, 0.1) is 6.92 Å². The molecule has 4 nitrogen and oxygen atoms in total. The number of hydrogen-bond donors (Lipinski definition) is 1. The predicted molar refractivity (Wildman–Crippen MR) is 69.9 cm³/mol. The number of benzene rings is 1. The van der Waals surface area contributed by atoms with E-state index in [4.69, 9.17) is 5.73 Å². The highest BCUT2D eigenvalue weighted by atomic mass is 15.0. The van der Waals surface area contributed by atoms with Crippen molar-refractivity contribution in [3.63, 3.8) is 0 Å². The molecule has 0 amide bonds. The van der Waals surface area contributed by atoms with Crippen LogP contribution in [-0.4, -0.2) is 15.0 Å². The van der Waals surface area contributed by atoms with Crippen molar-refractivity contribution >= 4 is 0 Å². The number of nitrogens with two attached hydrogens (primary N) is 1. The lowest BCUT2D eigenvalue weighted by atomic mass is 10.1. The Balaban J connectivity index is 2.06. The van der Waals surface area contributed by atoms with Crippen molar-refractivity contribution in [1.29, 1.82) is 0 Å². The first-order valence-corrected chi connectivity index (χ1v) is 6.30. The maximum atomic E-state index is 5.60. The SMILES string of the molecule is Cc1nc(CN)nc(-c2ccc3c(c2)CCC3)n1. The Bertz CT molecular complexity index is 592. The summed E-state index contributed by atoms with van der Waals surface area (Å²) in [7, 11) is 0. The van der Waals surface area contributed by atoms with Crippen molar-refractivity contribution in [3.8, 4) is 11.4 Å². The molecule has 3 rings (SSSR count). The van der Waals surface area contributed by atoms with E-state index in [1.807, 2.05) is 6.92 Å². The van der Waals surface area contributed by atoms with Crippen molar-refractivity contribution in [2.45, 2.75) is 32.7 Å². The smallest absolute Gasteiger partial charge is 0.163 e. The zero-order chi connectivity index (χ0) is 12.5. The fraction of sp³-hybridized carbons (Fsp3) is 0.357. The molecule has 1 aromatic carbocycles. The fourth-order valence-corrected chi connectivity index (χ4v) is 2.47. The Labute approximate surface area is 106 Å². The summed E-state index contributed by atoms with van der Waals surface area (Å²) in [6.07, 6.45) is 3.61. The molecule has 0 unspecified atom stereocenters. The van der Waals surface area contributed by atoms with Gasteiger partial charge in [0.1, 0.15) is 11.6 Å². The Hall–Kier alpha value is -1.81. The van der Waals surface area contributed by atoms with E-state index in [2.05, 4.69) is 33.2 Å². The highest BCUT2D eigenvalue weighted by Gasteiger charge is 2.13. The lowest BCUT2D eigenvalue weighted by Gasteiger charge is -2.06. The van der Waals surface area contributed by atoms with E-state index in [0.717, 1.165) is 23.6 Å². The van der Waals surface area contributed by atoms with Gasteiger partial charge in [-0.3, -0.25) is 0 Å². The number of aryl methyl sites for hydroxylation is 3. The molecule has 0 bridgehead atoms. The second-order valence-electron chi connectivity index (χ2n) is 4.66. The molecule has 4 heteroatoms. The van der Waals surface area contributed by atoms with E-state index in [-0.39, 0.29) is 0 Å². The molecular formula is C14H16N4. The molecule has 18 heavy (non-hydrogen) atoms. The van der Waals surface area contributed by atoms with Crippen molar-refractivity contribution in [3.05, 3.63) is 41.0 Å². The standard InChI is InChI=1S/C14H16N4/c1-9-16-13(8-15)18-14(17-9)12-6-5-10-3-2-4-11(10)7-12/h5-7H,2-4,8,15H2,1H3. The van der Waals surface area contributed by atoms with Crippen molar-refractivity contribution in [1.82, 2.24) is 15.0 Å². The normalized spacial score (nSPS) is 13.7. The van der Waals surface area contributed by atoms with Gasteiger partial charge in [0.25, 0.3) is 0 Å². The van der Waals surface area contributed by atoms with Crippen LogP contribution in [0.25, 0.3) is 11.4 Å². The third-order valence-electron chi connectivity index (χ3n) is 3.33. The number of nitrogens with zero attached hydrogens (tertiary/aromatic N) is 3. The average Bonchev–Trinajstić information content (AvgIpc) is 2.85. The van der Waals surface area contributed by atoms with Crippen LogP contribution < -0.4 is 5.73 Å². The molecule has 2 N–H and O–H groups in total. The quantitative estimate of drug-likeness (QED) is 0.869. The van der Waals surface area contributed by atoms with E-state index in [1.165, 1.54) is 24.0 Å². The molecule has 1 heterocycles. The van der Waals surface area contributed by atoms with Crippen LogP contribution >= 0.6 is 0 Å². The Morgan fingerprint density at radius 2 is 1.94 bits per heavy atom. The minimum atomic E-state index is 0.349. The molecule has 0 fully saturated rings. The molecule has 0 spiro atoms. The highest BCUT2D eigenvalue weighted by molar-refractivity contribution is 5.58. The van der Waals surface area contributed by atoms with Gasteiger partial charge < -0.3 is 5.73 Å². The van der Waals surface area contributed by atoms with Gasteiger partial charge in [-0.15, -0.1) is 0 Å². The number of fused-ring (bicyclic) bond motifs is 1. The third kappa shape index (κ3) is 1.99. The first kappa shape index (κ1) is 11.3.